The van der Waals surface area contributed by atoms with Gasteiger partial charge in [0.1, 0.15) is 5.75 Å². The summed E-state index contributed by atoms with van der Waals surface area (Å²) in [5, 5.41) is 0. The number of rotatable bonds is 4. The summed E-state index contributed by atoms with van der Waals surface area (Å²) in [6, 6.07) is 8.15. The van der Waals surface area contributed by atoms with Crippen molar-refractivity contribution in [1.29, 1.82) is 0 Å². The van der Waals surface area contributed by atoms with Gasteiger partial charge in [-0.2, -0.15) is 0 Å². The molecule has 0 aliphatic heterocycles. The molecule has 2 rings (SSSR count). The van der Waals surface area contributed by atoms with Crippen LogP contribution in [0.5, 0.6) is 5.75 Å². The summed E-state index contributed by atoms with van der Waals surface area (Å²) in [5.41, 5.74) is 2.31. The van der Waals surface area contributed by atoms with E-state index >= 15 is 0 Å². The van der Waals surface area contributed by atoms with Gasteiger partial charge in [-0.1, -0.05) is 0 Å². The van der Waals surface area contributed by atoms with Gasteiger partial charge in [0.15, 0.2) is 0 Å². The minimum absolute atomic E-state index is 0.210. The van der Waals surface area contributed by atoms with E-state index in [0.29, 0.717) is 0 Å². The minimum Gasteiger partial charge on any atom is -0.491 e. The van der Waals surface area contributed by atoms with Gasteiger partial charge in [-0.25, -0.2) is 4.98 Å². The average Bonchev–Trinajstić information content (AvgIpc) is 2.77. The molecule has 0 saturated carbocycles. The zero-order valence-electron chi connectivity index (χ0n) is 10.6. The summed E-state index contributed by atoms with van der Waals surface area (Å²) in [4.78, 5) is 4.17. The third kappa shape index (κ3) is 2.67. The Morgan fingerprint density at radius 3 is 2.53 bits per heavy atom. The molecule has 1 aromatic heterocycles. The van der Waals surface area contributed by atoms with E-state index in [1.54, 1.807) is 0 Å². The van der Waals surface area contributed by atoms with E-state index in [9.17, 15) is 0 Å². The maximum Gasteiger partial charge on any atom is 0.119 e. The molecule has 0 aliphatic carbocycles. The lowest BCUT2D eigenvalue weighted by atomic mass is 10.1. The maximum absolute atomic E-state index is 5.62. The Balaban J connectivity index is 2.23. The smallest absolute Gasteiger partial charge is 0.119 e. The largest absolute Gasteiger partial charge is 0.491 e. The Morgan fingerprint density at radius 1 is 1.24 bits per heavy atom. The molecule has 0 atom stereocenters. The molecule has 0 aliphatic rings. The van der Waals surface area contributed by atoms with Crippen LogP contribution in [-0.2, 0) is 6.54 Å². The molecule has 0 radical (unpaired) electrons. The van der Waals surface area contributed by atoms with Gasteiger partial charge in [-0.05, 0) is 45.0 Å². The first-order valence-electron chi connectivity index (χ1n) is 5.98. The Kier molecular flexibility index (Phi) is 3.47. The van der Waals surface area contributed by atoms with E-state index in [1.807, 2.05) is 38.5 Å². The maximum atomic E-state index is 5.62. The molecule has 3 nitrogen and oxygen atoms in total. The van der Waals surface area contributed by atoms with Gasteiger partial charge in [0.05, 0.1) is 24.3 Å². The normalized spacial score (nSPS) is 10.8. The Morgan fingerprint density at radius 2 is 1.94 bits per heavy atom. The van der Waals surface area contributed by atoms with E-state index in [4.69, 9.17) is 4.74 Å². The van der Waals surface area contributed by atoms with E-state index in [1.165, 1.54) is 5.56 Å². The van der Waals surface area contributed by atoms with Gasteiger partial charge in [-0.15, -0.1) is 0 Å². The molecular weight excluding hydrogens is 212 g/mol. The quantitative estimate of drug-likeness (QED) is 0.805. The number of hydrogen-bond donors (Lipinski definition) is 0. The van der Waals surface area contributed by atoms with Gasteiger partial charge in [0.2, 0.25) is 0 Å². The highest BCUT2D eigenvalue weighted by Crippen LogP contribution is 2.22. The van der Waals surface area contributed by atoms with E-state index in [-0.39, 0.29) is 6.10 Å². The van der Waals surface area contributed by atoms with E-state index in [0.717, 1.165) is 18.0 Å². The Hall–Kier alpha value is -1.77. The number of imidazole rings is 1. The highest BCUT2D eigenvalue weighted by atomic mass is 16.5. The lowest BCUT2D eigenvalue weighted by molar-refractivity contribution is 0.242. The van der Waals surface area contributed by atoms with Crippen LogP contribution in [-0.4, -0.2) is 15.7 Å². The summed E-state index contributed by atoms with van der Waals surface area (Å²) in [6.45, 7) is 7.10. The Labute approximate surface area is 102 Å². The van der Waals surface area contributed by atoms with Crippen LogP contribution >= 0.6 is 0 Å². The van der Waals surface area contributed by atoms with Crippen molar-refractivity contribution in [2.24, 2.45) is 0 Å². The van der Waals surface area contributed by atoms with Crippen LogP contribution in [0.2, 0.25) is 0 Å². The van der Waals surface area contributed by atoms with Gasteiger partial charge < -0.3 is 9.30 Å². The van der Waals surface area contributed by atoms with Crippen molar-refractivity contribution in [3.8, 4) is 17.0 Å². The SMILES string of the molecule is CCn1cncc1-c1ccc(OC(C)C)cc1. The average molecular weight is 230 g/mol. The summed E-state index contributed by atoms with van der Waals surface area (Å²) in [6.07, 6.45) is 3.96. The molecule has 90 valence electrons. The van der Waals surface area contributed by atoms with E-state index < -0.39 is 0 Å². The molecule has 17 heavy (non-hydrogen) atoms. The number of nitrogens with zero attached hydrogens (tertiary/aromatic N) is 2. The van der Waals surface area contributed by atoms with E-state index in [2.05, 4.69) is 28.6 Å². The molecule has 0 fully saturated rings. The van der Waals surface area contributed by atoms with Crippen LogP contribution < -0.4 is 4.74 Å². The number of ether oxygens (including phenoxy) is 1. The van der Waals surface area contributed by atoms with Crippen molar-refractivity contribution in [2.45, 2.75) is 33.4 Å². The number of hydrogen-bond acceptors (Lipinski definition) is 2. The predicted molar refractivity (Wildman–Crippen MR) is 69.1 cm³/mol. The summed E-state index contributed by atoms with van der Waals surface area (Å²) >= 11 is 0. The van der Waals surface area contributed by atoms with Gasteiger partial charge in [0.25, 0.3) is 0 Å². The van der Waals surface area contributed by atoms with Crippen LogP contribution in [0.1, 0.15) is 20.8 Å². The van der Waals surface area contributed by atoms with Crippen molar-refractivity contribution < 1.29 is 4.74 Å². The third-order valence-electron chi connectivity index (χ3n) is 2.57. The summed E-state index contributed by atoms with van der Waals surface area (Å²) in [7, 11) is 0. The van der Waals surface area contributed by atoms with Gasteiger partial charge >= 0.3 is 0 Å². The van der Waals surface area contributed by atoms with Crippen LogP contribution in [0, 0.1) is 0 Å². The standard InChI is InChI=1S/C14H18N2O/c1-4-16-10-15-9-14(16)12-5-7-13(8-6-12)17-11(2)3/h5-11H,4H2,1-3H3. The second-order valence-corrected chi connectivity index (χ2v) is 4.26. The van der Waals surface area contributed by atoms with Crippen LogP contribution in [0.4, 0.5) is 0 Å². The highest BCUT2D eigenvalue weighted by Gasteiger charge is 2.04. The first-order valence-corrected chi connectivity index (χ1v) is 5.98. The van der Waals surface area contributed by atoms with Gasteiger partial charge in [-0.3, -0.25) is 0 Å². The zero-order chi connectivity index (χ0) is 12.3. The topological polar surface area (TPSA) is 27.1 Å². The van der Waals surface area contributed by atoms with Gasteiger partial charge in [0, 0.05) is 12.1 Å². The van der Waals surface area contributed by atoms with Crippen molar-refractivity contribution in [3.05, 3.63) is 36.8 Å². The zero-order valence-corrected chi connectivity index (χ0v) is 10.6. The molecule has 0 bridgehead atoms. The molecule has 1 aromatic carbocycles. The minimum atomic E-state index is 0.210. The lowest BCUT2D eigenvalue weighted by Crippen LogP contribution is -2.05. The molecule has 3 heteroatoms. The summed E-state index contributed by atoms with van der Waals surface area (Å²) < 4.78 is 7.74. The first kappa shape index (κ1) is 11.7. The number of aromatic nitrogens is 2. The van der Waals surface area contributed by atoms with Crippen molar-refractivity contribution in [3.63, 3.8) is 0 Å². The fourth-order valence-electron chi connectivity index (χ4n) is 1.79. The van der Waals surface area contributed by atoms with Crippen molar-refractivity contribution >= 4 is 0 Å². The lowest BCUT2D eigenvalue weighted by Gasteiger charge is -2.10. The number of benzene rings is 1. The molecule has 0 spiro atoms. The third-order valence-corrected chi connectivity index (χ3v) is 2.57. The second kappa shape index (κ2) is 5.04. The second-order valence-electron chi connectivity index (χ2n) is 4.26. The predicted octanol–water partition coefficient (Wildman–Crippen LogP) is 3.36. The monoisotopic (exact) mass is 230 g/mol. The Bertz CT molecular complexity index is 471. The summed E-state index contributed by atoms with van der Waals surface area (Å²) in [5.74, 6) is 0.909. The number of aryl methyl sites for hydroxylation is 1. The first-order chi connectivity index (χ1) is 8.20. The van der Waals surface area contributed by atoms with Crippen LogP contribution in [0.3, 0.4) is 0 Å². The van der Waals surface area contributed by atoms with Crippen molar-refractivity contribution in [1.82, 2.24) is 9.55 Å². The fourth-order valence-corrected chi connectivity index (χ4v) is 1.79. The molecule has 2 aromatic rings. The fraction of sp³-hybridized carbons (Fsp3) is 0.357. The molecule has 0 N–H and O–H groups in total. The molecule has 0 unspecified atom stereocenters. The highest BCUT2D eigenvalue weighted by molar-refractivity contribution is 5.59. The molecule has 1 heterocycles. The van der Waals surface area contributed by atoms with Crippen LogP contribution in [0.15, 0.2) is 36.8 Å². The molecule has 0 saturated heterocycles. The van der Waals surface area contributed by atoms with Crippen molar-refractivity contribution in [2.75, 3.05) is 0 Å². The molecular formula is C14H18N2O. The van der Waals surface area contributed by atoms with Crippen LogP contribution in [0.25, 0.3) is 11.3 Å². The molecule has 0 amide bonds.